The number of aromatic nitrogens is 1. The first-order valence-electron chi connectivity index (χ1n) is 10.4. The fourth-order valence-corrected chi connectivity index (χ4v) is 4.83. The number of anilines is 1. The van der Waals surface area contributed by atoms with Gasteiger partial charge in [0.05, 0.1) is 34.3 Å². The van der Waals surface area contributed by atoms with Gasteiger partial charge in [-0.05, 0) is 43.7 Å². The minimum atomic E-state index is -0.968. The van der Waals surface area contributed by atoms with Crippen molar-refractivity contribution in [1.29, 1.82) is 0 Å². The van der Waals surface area contributed by atoms with Gasteiger partial charge in [0, 0.05) is 18.7 Å². The number of aliphatic hydroxyl groups is 1. The van der Waals surface area contributed by atoms with Gasteiger partial charge in [0.25, 0.3) is 5.91 Å². The summed E-state index contributed by atoms with van der Waals surface area (Å²) in [5.74, 6) is -1.59. The van der Waals surface area contributed by atoms with Crippen LogP contribution >= 0.6 is 11.3 Å². The van der Waals surface area contributed by atoms with Gasteiger partial charge in [0.2, 0.25) is 5.78 Å². The first-order chi connectivity index (χ1) is 16.2. The fraction of sp³-hybridized carbons (Fsp3) is 0.200. The summed E-state index contributed by atoms with van der Waals surface area (Å²) in [6, 6.07) is 12.3. The van der Waals surface area contributed by atoms with Crippen molar-refractivity contribution in [2.45, 2.75) is 26.8 Å². The van der Waals surface area contributed by atoms with Crippen LogP contribution in [-0.4, -0.2) is 34.9 Å². The number of thiazole rings is 1. The van der Waals surface area contributed by atoms with Crippen molar-refractivity contribution in [2.24, 2.45) is 0 Å². The molecule has 0 fully saturated rings. The molecule has 0 bridgehead atoms. The lowest BCUT2D eigenvalue weighted by Gasteiger charge is -2.27. The molecule has 0 saturated carbocycles. The van der Waals surface area contributed by atoms with E-state index in [9.17, 15) is 19.5 Å². The molecule has 0 aliphatic carbocycles. The highest BCUT2D eigenvalue weighted by Gasteiger charge is 2.45. The summed E-state index contributed by atoms with van der Waals surface area (Å²) in [4.78, 5) is 44.5. The van der Waals surface area contributed by atoms with E-state index in [2.05, 4.69) is 4.98 Å². The van der Waals surface area contributed by atoms with Gasteiger partial charge in [-0.15, -0.1) is 11.3 Å². The highest BCUT2D eigenvalue weighted by atomic mass is 32.1. The summed E-state index contributed by atoms with van der Waals surface area (Å²) in [6.07, 6.45) is 0. The average Bonchev–Trinajstić information content (AvgIpc) is 3.28. The SMILES string of the molecule is COc1cccc(N2C(=O)C(O)=C(C(=O)c3sc(C)nc3C)C2c2cccc(OC(C)=O)c2)c1. The number of benzene rings is 2. The first kappa shape index (κ1) is 23.2. The monoisotopic (exact) mass is 478 g/mol. The average molecular weight is 479 g/mol. The molecule has 2 heterocycles. The molecule has 1 unspecified atom stereocenters. The topological polar surface area (TPSA) is 106 Å². The zero-order valence-corrected chi connectivity index (χ0v) is 19.8. The van der Waals surface area contributed by atoms with Gasteiger partial charge in [0.1, 0.15) is 11.5 Å². The van der Waals surface area contributed by atoms with Crippen LogP contribution < -0.4 is 14.4 Å². The number of carbonyl (C=O) groups excluding carboxylic acids is 3. The highest BCUT2D eigenvalue weighted by Crippen LogP contribution is 2.44. The lowest BCUT2D eigenvalue weighted by Crippen LogP contribution is -2.31. The van der Waals surface area contributed by atoms with E-state index in [-0.39, 0.29) is 11.3 Å². The molecule has 8 nitrogen and oxygen atoms in total. The van der Waals surface area contributed by atoms with Crippen molar-refractivity contribution in [3.8, 4) is 11.5 Å². The van der Waals surface area contributed by atoms with Crippen LogP contribution in [0.5, 0.6) is 11.5 Å². The molecule has 2 aromatic carbocycles. The maximum atomic E-state index is 13.6. The Labute approximate surface area is 200 Å². The lowest BCUT2D eigenvalue weighted by molar-refractivity contribution is -0.131. The van der Waals surface area contributed by atoms with Crippen molar-refractivity contribution >= 4 is 34.7 Å². The molecule has 1 aliphatic heterocycles. The van der Waals surface area contributed by atoms with Crippen molar-refractivity contribution < 1.29 is 29.0 Å². The Bertz CT molecular complexity index is 1340. The summed E-state index contributed by atoms with van der Waals surface area (Å²) in [6.45, 7) is 4.77. The third-order valence-corrected chi connectivity index (χ3v) is 6.40. The fourth-order valence-electron chi connectivity index (χ4n) is 3.96. The van der Waals surface area contributed by atoms with Gasteiger partial charge in [-0.2, -0.15) is 0 Å². The van der Waals surface area contributed by atoms with E-state index in [0.717, 1.165) is 0 Å². The Morgan fingerprint density at radius 3 is 2.44 bits per heavy atom. The number of methoxy groups -OCH3 is 1. The zero-order chi connectivity index (χ0) is 24.6. The third kappa shape index (κ3) is 4.17. The van der Waals surface area contributed by atoms with E-state index in [0.29, 0.717) is 32.6 Å². The van der Waals surface area contributed by atoms with Crippen LogP contribution in [0, 0.1) is 13.8 Å². The Balaban J connectivity index is 1.90. The van der Waals surface area contributed by atoms with Crippen LogP contribution in [0.25, 0.3) is 0 Å². The Kier molecular flexibility index (Phi) is 6.21. The van der Waals surface area contributed by atoms with Gasteiger partial charge in [-0.1, -0.05) is 18.2 Å². The predicted octanol–water partition coefficient (Wildman–Crippen LogP) is 4.48. The molecule has 1 aromatic heterocycles. The normalized spacial score (nSPS) is 15.6. The number of carbonyl (C=O) groups is 3. The van der Waals surface area contributed by atoms with Gasteiger partial charge >= 0.3 is 5.97 Å². The van der Waals surface area contributed by atoms with E-state index in [4.69, 9.17) is 9.47 Å². The number of aliphatic hydroxyl groups excluding tert-OH is 1. The first-order valence-corrected chi connectivity index (χ1v) is 11.2. The summed E-state index contributed by atoms with van der Waals surface area (Å²) in [7, 11) is 1.50. The molecular formula is C25H22N2O6S. The van der Waals surface area contributed by atoms with E-state index in [1.807, 2.05) is 0 Å². The molecular weight excluding hydrogens is 456 g/mol. The number of ether oxygens (including phenoxy) is 2. The molecule has 1 atom stereocenters. The highest BCUT2D eigenvalue weighted by molar-refractivity contribution is 7.14. The Hall–Kier alpha value is -3.98. The molecule has 0 radical (unpaired) electrons. The molecule has 1 N–H and O–H groups in total. The molecule has 174 valence electrons. The Morgan fingerprint density at radius 2 is 1.79 bits per heavy atom. The summed E-state index contributed by atoms with van der Waals surface area (Å²) >= 11 is 1.20. The van der Waals surface area contributed by atoms with Crippen molar-refractivity contribution in [2.75, 3.05) is 12.0 Å². The second-order valence-electron chi connectivity index (χ2n) is 7.68. The van der Waals surface area contributed by atoms with Crippen LogP contribution in [0.2, 0.25) is 0 Å². The molecule has 34 heavy (non-hydrogen) atoms. The number of nitrogens with zero attached hydrogens (tertiary/aromatic N) is 2. The van der Waals surface area contributed by atoms with Crippen molar-refractivity contribution in [1.82, 2.24) is 4.98 Å². The zero-order valence-electron chi connectivity index (χ0n) is 19.0. The van der Waals surface area contributed by atoms with E-state index < -0.39 is 29.5 Å². The molecule has 0 spiro atoms. The number of esters is 1. The number of ketones is 1. The third-order valence-electron chi connectivity index (χ3n) is 5.33. The van der Waals surface area contributed by atoms with E-state index >= 15 is 0 Å². The van der Waals surface area contributed by atoms with Gasteiger partial charge < -0.3 is 14.6 Å². The largest absolute Gasteiger partial charge is 0.503 e. The molecule has 4 rings (SSSR count). The van der Waals surface area contributed by atoms with Crippen LogP contribution in [0.4, 0.5) is 5.69 Å². The van der Waals surface area contributed by atoms with Gasteiger partial charge in [0.15, 0.2) is 5.76 Å². The number of hydrogen-bond acceptors (Lipinski definition) is 8. The lowest BCUT2D eigenvalue weighted by atomic mass is 9.94. The smallest absolute Gasteiger partial charge is 0.308 e. The van der Waals surface area contributed by atoms with Crippen LogP contribution in [-0.2, 0) is 9.59 Å². The number of Topliss-reactive ketones (excluding diaryl/α,β-unsaturated/α-hetero) is 1. The second kappa shape index (κ2) is 9.11. The predicted molar refractivity (Wildman–Crippen MR) is 127 cm³/mol. The minimum absolute atomic E-state index is 0.0699. The maximum Gasteiger partial charge on any atom is 0.308 e. The molecule has 1 amide bonds. The van der Waals surface area contributed by atoms with Gasteiger partial charge in [-0.25, -0.2) is 4.98 Å². The van der Waals surface area contributed by atoms with E-state index in [1.54, 1.807) is 62.4 Å². The molecule has 0 saturated heterocycles. The molecule has 9 heteroatoms. The van der Waals surface area contributed by atoms with Crippen LogP contribution in [0.3, 0.4) is 0 Å². The molecule has 3 aromatic rings. The summed E-state index contributed by atoms with van der Waals surface area (Å²) < 4.78 is 10.5. The summed E-state index contributed by atoms with van der Waals surface area (Å²) in [5, 5.41) is 11.6. The van der Waals surface area contributed by atoms with Crippen molar-refractivity contribution in [3.05, 3.63) is 81.0 Å². The number of aryl methyl sites for hydroxylation is 2. The van der Waals surface area contributed by atoms with Crippen LogP contribution in [0.1, 0.15) is 38.9 Å². The Morgan fingerprint density at radius 1 is 1.09 bits per heavy atom. The number of amides is 1. The van der Waals surface area contributed by atoms with Crippen LogP contribution in [0.15, 0.2) is 59.9 Å². The van der Waals surface area contributed by atoms with Crippen molar-refractivity contribution in [3.63, 3.8) is 0 Å². The summed E-state index contributed by atoms with van der Waals surface area (Å²) in [5.41, 5.74) is 1.37. The number of hydrogen-bond donors (Lipinski definition) is 1. The van der Waals surface area contributed by atoms with E-state index in [1.165, 1.54) is 30.3 Å². The quantitative estimate of drug-likeness (QED) is 0.316. The maximum absolute atomic E-state index is 13.6. The standard InChI is InChI=1S/C25H22N2O6S/c1-13-24(34-14(2)26-13)22(29)20-21(16-7-5-10-19(11-16)33-15(3)28)27(25(31)23(20)30)17-8-6-9-18(12-17)32-4/h5-12,21,30H,1-4H3. The number of rotatable bonds is 6. The second-order valence-corrected chi connectivity index (χ2v) is 8.89. The van der Waals surface area contributed by atoms with Gasteiger partial charge in [-0.3, -0.25) is 19.3 Å². The minimum Gasteiger partial charge on any atom is -0.503 e. The molecule has 1 aliphatic rings.